The fourth-order valence-corrected chi connectivity index (χ4v) is 3.22. The van der Waals surface area contributed by atoms with Crippen LogP contribution in [-0.2, 0) is 4.79 Å². The average molecular weight is 354 g/mol. The number of nitrogens with one attached hydrogen (secondary N) is 2. The van der Waals surface area contributed by atoms with Crippen LogP contribution in [0.15, 0.2) is 5.10 Å². The lowest BCUT2D eigenvalue weighted by atomic mass is 9.82. The standard InChI is InChI=1S/C19H35N3O3/c1-4-6-7-8-17(14(3)5-2)21-22-19(25)20-13-15-9-11-16(12-10-15)18(23)24/h14-16H,4-13H2,1-3H3,(H,23,24)(H2,20,22,25)/b21-17+/t14-,15?,16?/m0/s1. The quantitative estimate of drug-likeness (QED) is 0.313. The fourth-order valence-electron chi connectivity index (χ4n) is 3.22. The van der Waals surface area contributed by atoms with Gasteiger partial charge < -0.3 is 10.4 Å². The van der Waals surface area contributed by atoms with E-state index in [2.05, 4.69) is 36.6 Å². The molecule has 1 fully saturated rings. The van der Waals surface area contributed by atoms with E-state index in [1.807, 2.05) is 0 Å². The first-order valence-electron chi connectivity index (χ1n) is 9.80. The van der Waals surface area contributed by atoms with Crippen molar-refractivity contribution in [1.82, 2.24) is 10.7 Å². The van der Waals surface area contributed by atoms with Crippen LogP contribution in [-0.4, -0.2) is 29.4 Å². The molecule has 0 unspecified atom stereocenters. The summed E-state index contributed by atoms with van der Waals surface area (Å²) in [5.41, 5.74) is 3.70. The fraction of sp³-hybridized carbons (Fsp3) is 0.842. The zero-order valence-electron chi connectivity index (χ0n) is 16.0. The minimum atomic E-state index is -0.695. The number of carbonyl (C=O) groups excluding carboxylic acids is 1. The second-order valence-corrected chi connectivity index (χ2v) is 7.25. The van der Waals surface area contributed by atoms with E-state index >= 15 is 0 Å². The smallest absolute Gasteiger partial charge is 0.335 e. The molecule has 0 bridgehead atoms. The van der Waals surface area contributed by atoms with Gasteiger partial charge in [-0.3, -0.25) is 4.79 Å². The number of unbranched alkanes of at least 4 members (excludes halogenated alkanes) is 2. The van der Waals surface area contributed by atoms with Crippen molar-refractivity contribution in [2.45, 2.75) is 78.6 Å². The molecule has 1 aliphatic rings. The number of hydrazone groups is 1. The van der Waals surface area contributed by atoms with E-state index in [9.17, 15) is 9.59 Å². The molecule has 0 aromatic rings. The summed E-state index contributed by atoms with van der Waals surface area (Å²) in [6, 6.07) is -0.267. The highest BCUT2D eigenvalue weighted by Gasteiger charge is 2.25. The van der Waals surface area contributed by atoms with Crippen LogP contribution in [0, 0.1) is 17.8 Å². The van der Waals surface area contributed by atoms with E-state index in [-0.39, 0.29) is 11.9 Å². The van der Waals surface area contributed by atoms with Gasteiger partial charge in [0.2, 0.25) is 0 Å². The van der Waals surface area contributed by atoms with E-state index in [1.54, 1.807) is 0 Å². The van der Waals surface area contributed by atoms with Crippen molar-refractivity contribution in [2.24, 2.45) is 22.9 Å². The summed E-state index contributed by atoms with van der Waals surface area (Å²) in [6.45, 7) is 7.04. The second-order valence-electron chi connectivity index (χ2n) is 7.25. The molecule has 25 heavy (non-hydrogen) atoms. The highest BCUT2D eigenvalue weighted by Crippen LogP contribution is 2.28. The van der Waals surface area contributed by atoms with Crippen molar-refractivity contribution < 1.29 is 14.7 Å². The van der Waals surface area contributed by atoms with Crippen LogP contribution in [0.4, 0.5) is 4.79 Å². The molecule has 2 amide bonds. The largest absolute Gasteiger partial charge is 0.481 e. The van der Waals surface area contributed by atoms with E-state index in [1.165, 1.54) is 12.8 Å². The first-order valence-corrected chi connectivity index (χ1v) is 9.80. The van der Waals surface area contributed by atoms with Crippen molar-refractivity contribution in [3.8, 4) is 0 Å². The number of rotatable bonds is 10. The van der Waals surface area contributed by atoms with Gasteiger partial charge in [0, 0.05) is 12.3 Å². The highest BCUT2D eigenvalue weighted by molar-refractivity contribution is 5.87. The topological polar surface area (TPSA) is 90.8 Å². The number of carboxylic acids is 1. The number of carboxylic acid groups (broad SMARTS) is 1. The van der Waals surface area contributed by atoms with Crippen LogP contribution in [0.25, 0.3) is 0 Å². The van der Waals surface area contributed by atoms with Crippen LogP contribution >= 0.6 is 0 Å². The minimum Gasteiger partial charge on any atom is -0.481 e. The molecule has 0 saturated heterocycles. The third kappa shape index (κ3) is 8.36. The Morgan fingerprint density at radius 1 is 1.16 bits per heavy atom. The zero-order valence-corrected chi connectivity index (χ0v) is 16.0. The summed E-state index contributed by atoms with van der Waals surface area (Å²) in [5.74, 6) is -0.164. The van der Waals surface area contributed by atoms with E-state index < -0.39 is 5.97 Å². The Bertz CT molecular complexity index is 443. The van der Waals surface area contributed by atoms with Crippen molar-refractivity contribution in [1.29, 1.82) is 0 Å². The monoisotopic (exact) mass is 353 g/mol. The van der Waals surface area contributed by atoms with Crippen molar-refractivity contribution in [3.63, 3.8) is 0 Å². The van der Waals surface area contributed by atoms with Gasteiger partial charge in [0.25, 0.3) is 0 Å². The average Bonchev–Trinajstić information content (AvgIpc) is 2.62. The van der Waals surface area contributed by atoms with E-state index in [0.29, 0.717) is 31.2 Å². The lowest BCUT2D eigenvalue weighted by molar-refractivity contribution is -0.143. The summed E-state index contributed by atoms with van der Waals surface area (Å²) >= 11 is 0. The van der Waals surface area contributed by atoms with Gasteiger partial charge >= 0.3 is 12.0 Å². The van der Waals surface area contributed by atoms with Gasteiger partial charge in [0.1, 0.15) is 0 Å². The molecule has 0 aromatic heterocycles. The molecule has 0 radical (unpaired) electrons. The van der Waals surface area contributed by atoms with Crippen molar-refractivity contribution >= 4 is 17.7 Å². The Morgan fingerprint density at radius 2 is 1.84 bits per heavy atom. The maximum Gasteiger partial charge on any atom is 0.335 e. The SMILES string of the molecule is CCCCC/C(=N\NC(=O)NCC1CCC(C(=O)O)CC1)[C@@H](C)CC. The summed E-state index contributed by atoms with van der Waals surface area (Å²) in [5, 5.41) is 16.2. The van der Waals surface area contributed by atoms with Crippen molar-refractivity contribution in [3.05, 3.63) is 0 Å². The first-order chi connectivity index (χ1) is 12.0. The Hall–Kier alpha value is -1.59. The van der Waals surface area contributed by atoms with Gasteiger partial charge in [-0.05, 0) is 56.8 Å². The lowest BCUT2D eigenvalue weighted by Gasteiger charge is -2.26. The number of urea groups is 1. The predicted molar refractivity (Wildman–Crippen MR) is 101 cm³/mol. The number of hydrogen-bond donors (Lipinski definition) is 3. The number of aliphatic carboxylic acids is 1. The Balaban J connectivity index is 2.35. The second kappa shape index (κ2) is 11.9. The summed E-state index contributed by atoms with van der Waals surface area (Å²) in [6.07, 6.45) is 8.53. The predicted octanol–water partition coefficient (Wildman–Crippen LogP) is 4.16. The van der Waals surface area contributed by atoms with Gasteiger partial charge in [0.05, 0.1) is 5.92 Å². The molecule has 3 N–H and O–H groups in total. The van der Waals surface area contributed by atoms with Crippen LogP contribution in [0.5, 0.6) is 0 Å². The molecule has 0 aliphatic heterocycles. The third-order valence-corrected chi connectivity index (χ3v) is 5.27. The normalized spacial score (nSPS) is 22.3. The molecule has 6 heteroatoms. The first kappa shape index (κ1) is 21.5. The van der Waals surface area contributed by atoms with Gasteiger partial charge in [-0.2, -0.15) is 5.10 Å². The van der Waals surface area contributed by atoms with Gasteiger partial charge in [-0.1, -0.05) is 33.6 Å². The summed E-state index contributed by atoms with van der Waals surface area (Å²) in [4.78, 5) is 22.9. The Labute approximate surface area is 151 Å². The van der Waals surface area contributed by atoms with E-state index in [4.69, 9.17) is 5.11 Å². The zero-order chi connectivity index (χ0) is 18.7. The number of carbonyl (C=O) groups is 2. The van der Waals surface area contributed by atoms with Crippen molar-refractivity contribution in [2.75, 3.05) is 6.54 Å². The molecule has 1 rings (SSSR count). The Kier molecular flexibility index (Phi) is 10.2. The lowest BCUT2D eigenvalue weighted by Crippen LogP contribution is -2.37. The summed E-state index contributed by atoms with van der Waals surface area (Å²) < 4.78 is 0. The van der Waals surface area contributed by atoms with Gasteiger partial charge in [-0.15, -0.1) is 0 Å². The molecule has 0 spiro atoms. The van der Waals surface area contributed by atoms with Crippen LogP contribution in [0.2, 0.25) is 0 Å². The minimum absolute atomic E-state index is 0.212. The van der Waals surface area contributed by atoms with Crippen LogP contribution < -0.4 is 10.7 Å². The number of hydrogen-bond acceptors (Lipinski definition) is 3. The molecule has 1 aliphatic carbocycles. The van der Waals surface area contributed by atoms with Gasteiger partial charge in [0.15, 0.2) is 0 Å². The molecule has 1 atom stereocenters. The molecule has 0 aromatic carbocycles. The molecule has 144 valence electrons. The van der Waals surface area contributed by atoms with Gasteiger partial charge in [-0.25, -0.2) is 10.2 Å². The highest BCUT2D eigenvalue weighted by atomic mass is 16.4. The maximum absolute atomic E-state index is 12.0. The van der Waals surface area contributed by atoms with E-state index in [0.717, 1.165) is 37.8 Å². The third-order valence-electron chi connectivity index (χ3n) is 5.27. The number of nitrogens with zero attached hydrogens (tertiary/aromatic N) is 1. The van der Waals surface area contributed by atoms with Crippen LogP contribution in [0.3, 0.4) is 0 Å². The molecule has 6 nitrogen and oxygen atoms in total. The maximum atomic E-state index is 12.0. The molecule has 0 heterocycles. The van der Waals surface area contributed by atoms with Crippen LogP contribution in [0.1, 0.15) is 78.6 Å². The Morgan fingerprint density at radius 3 is 2.40 bits per heavy atom. The summed E-state index contributed by atoms with van der Waals surface area (Å²) in [7, 11) is 0. The molecule has 1 saturated carbocycles. The number of amides is 2. The molecular formula is C19H35N3O3. The molecular weight excluding hydrogens is 318 g/mol.